The molecule has 1 aliphatic rings. The molecule has 0 saturated carbocycles. The largest absolute Gasteiger partial charge is 0.480 e. The number of hydrogen-bond donors (Lipinski definition) is 3. The summed E-state index contributed by atoms with van der Waals surface area (Å²) in [6, 6.07) is 8.57. The average Bonchev–Trinajstić information content (AvgIpc) is 2.91. The van der Waals surface area contributed by atoms with Gasteiger partial charge in [-0.2, -0.15) is 5.26 Å². The Morgan fingerprint density at radius 2 is 1.65 bits per heavy atom. The number of rotatable bonds is 10. The molecular weight excluding hydrogens is 526 g/mol. The van der Waals surface area contributed by atoms with Gasteiger partial charge in [0, 0.05) is 6.54 Å². The predicted molar refractivity (Wildman–Crippen MR) is 154 cm³/mol. The number of aliphatic carboxylic acids is 1. The number of nitrogens with zero attached hydrogens (tertiary/aromatic N) is 1. The monoisotopic (exact) mass is 567 g/mol. The number of carbonyl (C=O) groups excluding carboxylic acids is 1. The summed E-state index contributed by atoms with van der Waals surface area (Å²) < 4.78 is 28.7. The molecule has 2 atom stereocenters. The van der Waals surface area contributed by atoms with E-state index < -0.39 is 33.0 Å². The molecule has 0 spiro atoms. The summed E-state index contributed by atoms with van der Waals surface area (Å²) in [6.45, 7) is 12.8. The third kappa shape index (κ3) is 5.85. The molecule has 1 fully saturated rings. The van der Waals surface area contributed by atoms with Crippen molar-refractivity contribution in [2.24, 2.45) is 11.1 Å². The molecular formula is C31H41N3O5S. The first-order chi connectivity index (χ1) is 18.7. The van der Waals surface area contributed by atoms with Crippen molar-refractivity contribution in [2.75, 3.05) is 13.1 Å². The van der Waals surface area contributed by atoms with Crippen molar-refractivity contribution in [3.63, 3.8) is 0 Å². The number of ketones is 1. The molecule has 0 radical (unpaired) electrons. The van der Waals surface area contributed by atoms with Crippen LogP contribution in [0.15, 0.2) is 40.1 Å². The predicted octanol–water partition coefficient (Wildman–Crippen LogP) is 4.65. The van der Waals surface area contributed by atoms with Gasteiger partial charge < -0.3 is 16.2 Å². The Hall–Kier alpha value is -3.06. The highest BCUT2D eigenvalue weighted by Crippen LogP contribution is 2.40. The SMILES string of the molecule is CC(C)c1ccc(S(=O)(=O)c2ccc(C#N)cc2C[C@H](N)C(=O)C2(C(=O)O)CCCNC2)c(C(C)C)c1C(C)C. The van der Waals surface area contributed by atoms with Gasteiger partial charge in [-0.3, -0.25) is 9.59 Å². The minimum Gasteiger partial charge on any atom is -0.480 e. The number of piperidine rings is 1. The second-order valence-corrected chi connectivity index (χ2v) is 13.6. The van der Waals surface area contributed by atoms with E-state index in [0.717, 1.165) is 16.7 Å². The van der Waals surface area contributed by atoms with Crippen LogP contribution in [-0.4, -0.2) is 44.4 Å². The van der Waals surface area contributed by atoms with Gasteiger partial charge in [0.05, 0.1) is 27.5 Å². The van der Waals surface area contributed by atoms with Crippen LogP contribution in [0.3, 0.4) is 0 Å². The minimum absolute atomic E-state index is 0.0316. The van der Waals surface area contributed by atoms with E-state index in [9.17, 15) is 28.4 Å². The minimum atomic E-state index is -4.10. The molecule has 2 aromatic carbocycles. The van der Waals surface area contributed by atoms with Crippen LogP contribution in [0.2, 0.25) is 0 Å². The summed E-state index contributed by atoms with van der Waals surface area (Å²) in [5.41, 5.74) is 7.97. The van der Waals surface area contributed by atoms with Crippen LogP contribution < -0.4 is 11.1 Å². The number of nitriles is 1. The van der Waals surface area contributed by atoms with Crippen molar-refractivity contribution < 1.29 is 23.1 Å². The lowest BCUT2D eigenvalue weighted by atomic mass is 9.74. The molecule has 4 N–H and O–H groups in total. The molecule has 0 amide bonds. The Labute approximate surface area is 237 Å². The molecule has 1 unspecified atom stereocenters. The maximum Gasteiger partial charge on any atom is 0.318 e. The average molecular weight is 568 g/mol. The Kier molecular flexibility index (Phi) is 9.61. The van der Waals surface area contributed by atoms with Crippen LogP contribution in [0.25, 0.3) is 0 Å². The van der Waals surface area contributed by atoms with Crippen molar-refractivity contribution >= 4 is 21.6 Å². The zero-order valence-electron chi connectivity index (χ0n) is 24.2. The van der Waals surface area contributed by atoms with Gasteiger partial charge >= 0.3 is 5.97 Å². The fourth-order valence-electron chi connectivity index (χ4n) is 5.89. The zero-order valence-corrected chi connectivity index (χ0v) is 25.1. The number of benzene rings is 2. The van der Waals surface area contributed by atoms with E-state index in [0.29, 0.717) is 13.0 Å². The molecule has 2 aromatic rings. The number of Topliss-reactive ketones (excluding diaryl/α,β-unsaturated/α-hetero) is 1. The molecule has 40 heavy (non-hydrogen) atoms. The van der Waals surface area contributed by atoms with E-state index in [2.05, 4.69) is 33.0 Å². The third-order valence-electron chi connectivity index (χ3n) is 7.87. The molecule has 9 heteroatoms. The molecule has 3 rings (SSSR count). The molecule has 1 aliphatic heterocycles. The first kappa shape index (κ1) is 31.5. The van der Waals surface area contributed by atoms with Gasteiger partial charge in [-0.15, -0.1) is 0 Å². The molecule has 0 bridgehead atoms. The summed E-state index contributed by atoms with van der Waals surface area (Å²) >= 11 is 0. The first-order valence-electron chi connectivity index (χ1n) is 13.9. The topological polar surface area (TPSA) is 150 Å². The quantitative estimate of drug-likeness (QED) is 0.351. The number of nitrogens with two attached hydrogens (primary N) is 1. The lowest BCUT2D eigenvalue weighted by Gasteiger charge is -2.34. The number of sulfone groups is 1. The lowest BCUT2D eigenvalue weighted by molar-refractivity contribution is -0.156. The van der Waals surface area contributed by atoms with Gasteiger partial charge in [0.15, 0.2) is 5.78 Å². The molecule has 8 nitrogen and oxygen atoms in total. The smallest absolute Gasteiger partial charge is 0.318 e. The Balaban J connectivity index is 2.18. The van der Waals surface area contributed by atoms with Gasteiger partial charge in [0.25, 0.3) is 0 Å². The third-order valence-corrected chi connectivity index (χ3v) is 9.78. The van der Waals surface area contributed by atoms with Crippen LogP contribution in [0.5, 0.6) is 0 Å². The number of carboxylic acids is 1. The highest BCUT2D eigenvalue weighted by molar-refractivity contribution is 7.91. The van der Waals surface area contributed by atoms with Crippen LogP contribution in [-0.2, 0) is 25.8 Å². The van der Waals surface area contributed by atoms with Gasteiger partial charge in [-0.05, 0) is 90.1 Å². The fraction of sp³-hybridized carbons (Fsp3) is 0.516. The van der Waals surface area contributed by atoms with Crippen molar-refractivity contribution in [3.8, 4) is 6.07 Å². The zero-order chi connectivity index (χ0) is 30.0. The van der Waals surface area contributed by atoms with Crippen molar-refractivity contribution in [1.82, 2.24) is 5.32 Å². The summed E-state index contributed by atoms with van der Waals surface area (Å²) in [7, 11) is -4.10. The summed E-state index contributed by atoms with van der Waals surface area (Å²) in [6.07, 6.45) is 0.454. The highest BCUT2D eigenvalue weighted by Gasteiger charge is 2.48. The van der Waals surface area contributed by atoms with E-state index in [-0.39, 0.29) is 58.1 Å². The molecule has 1 heterocycles. The normalized spacial score (nSPS) is 18.6. The van der Waals surface area contributed by atoms with E-state index in [4.69, 9.17) is 5.73 Å². The number of carboxylic acid groups (broad SMARTS) is 1. The van der Waals surface area contributed by atoms with Crippen LogP contribution >= 0.6 is 0 Å². The highest BCUT2D eigenvalue weighted by atomic mass is 32.2. The lowest BCUT2D eigenvalue weighted by Crippen LogP contribution is -2.56. The summed E-state index contributed by atoms with van der Waals surface area (Å²) in [5, 5.41) is 22.5. The van der Waals surface area contributed by atoms with Crippen molar-refractivity contribution in [3.05, 3.63) is 58.1 Å². The summed E-state index contributed by atoms with van der Waals surface area (Å²) in [5.74, 6) is -1.68. The number of nitrogens with one attached hydrogen (secondary N) is 1. The van der Waals surface area contributed by atoms with Crippen molar-refractivity contribution in [2.45, 2.75) is 94.4 Å². The van der Waals surface area contributed by atoms with Crippen molar-refractivity contribution in [1.29, 1.82) is 5.26 Å². The maximum atomic E-state index is 14.3. The van der Waals surface area contributed by atoms with Gasteiger partial charge in [0.2, 0.25) is 9.84 Å². The van der Waals surface area contributed by atoms with E-state index in [1.807, 2.05) is 26.0 Å². The molecule has 1 saturated heterocycles. The Morgan fingerprint density at radius 3 is 2.15 bits per heavy atom. The van der Waals surface area contributed by atoms with Gasteiger partial charge in [0.1, 0.15) is 5.41 Å². The van der Waals surface area contributed by atoms with E-state index in [1.165, 1.54) is 18.2 Å². The second-order valence-electron chi connectivity index (χ2n) is 11.7. The number of hydrogen-bond acceptors (Lipinski definition) is 7. The first-order valence-corrected chi connectivity index (χ1v) is 15.4. The molecule has 0 aliphatic carbocycles. The van der Waals surface area contributed by atoms with Gasteiger partial charge in [-0.1, -0.05) is 47.6 Å². The Bertz CT molecular complexity index is 1430. The number of carbonyl (C=O) groups is 2. The summed E-state index contributed by atoms with van der Waals surface area (Å²) in [4.78, 5) is 25.8. The van der Waals surface area contributed by atoms with Crippen LogP contribution in [0, 0.1) is 16.7 Å². The maximum absolute atomic E-state index is 14.3. The van der Waals surface area contributed by atoms with E-state index in [1.54, 1.807) is 6.07 Å². The van der Waals surface area contributed by atoms with Crippen LogP contribution in [0.4, 0.5) is 0 Å². The second kappa shape index (κ2) is 12.2. The Morgan fingerprint density at radius 1 is 1.02 bits per heavy atom. The fourth-order valence-corrected chi connectivity index (χ4v) is 7.74. The molecule has 216 valence electrons. The van der Waals surface area contributed by atoms with E-state index >= 15 is 0 Å². The van der Waals surface area contributed by atoms with Gasteiger partial charge in [-0.25, -0.2) is 8.42 Å². The molecule has 0 aromatic heterocycles. The standard InChI is InChI=1S/C31H41N3O5S/c1-18(2)23-9-11-26(28(20(5)6)27(23)19(3)4)40(38,39)25-10-8-21(16-32)14-22(25)15-24(33)29(35)31(30(36)37)12-7-13-34-17-31/h8-11,14,18-20,24,34H,7,12-13,15,17,33H2,1-6H3,(H,36,37)/t24-,31?/m0/s1. The van der Waals surface area contributed by atoms with Crippen LogP contribution in [0.1, 0.15) is 100.0 Å².